The van der Waals surface area contributed by atoms with Gasteiger partial charge >= 0.3 is 0 Å². The van der Waals surface area contributed by atoms with Crippen LogP contribution in [0.3, 0.4) is 0 Å². The first-order chi connectivity index (χ1) is 14.5. The lowest BCUT2D eigenvalue weighted by atomic mass is 10.1. The molecule has 0 bridgehead atoms. The topological polar surface area (TPSA) is 71.6 Å². The number of halogens is 1. The third-order valence-electron chi connectivity index (χ3n) is 5.32. The first-order valence-corrected chi connectivity index (χ1v) is 10.7. The zero-order chi connectivity index (χ0) is 21.1. The summed E-state index contributed by atoms with van der Waals surface area (Å²) >= 11 is 3.40. The Morgan fingerprint density at radius 1 is 1.23 bits per heavy atom. The molecule has 3 aromatic rings. The van der Waals surface area contributed by atoms with Crippen LogP contribution in [0, 0.1) is 0 Å². The van der Waals surface area contributed by atoms with E-state index in [2.05, 4.69) is 20.9 Å². The standard InChI is InChI=1S/C23H23BrN2O4/c1-29-19-8-9-21-16(12-19)11-17(22(27)25-21)13-26(14-20-3-2-10-30-20)23(28)15-4-6-18(24)7-5-15/h4-9,11-12,20H,2-3,10,13-14H2,1H3,(H,25,27). The third kappa shape index (κ3) is 4.57. The van der Waals surface area contributed by atoms with Crippen LogP contribution in [0.1, 0.15) is 28.8 Å². The summed E-state index contributed by atoms with van der Waals surface area (Å²) in [6.07, 6.45) is 1.89. The van der Waals surface area contributed by atoms with Crippen LogP contribution in [0.15, 0.2) is 57.8 Å². The summed E-state index contributed by atoms with van der Waals surface area (Å²) in [6, 6.07) is 14.6. The molecule has 1 aromatic heterocycles. The number of rotatable bonds is 6. The molecule has 0 aliphatic carbocycles. The molecule has 0 saturated carbocycles. The molecule has 2 heterocycles. The van der Waals surface area contributed by atoms with Crippen molar-refractivity contribution < 1.29 is 14.3 Å². The Morgan fingerprint density at radius 2 is 2.03 bits per heavy atom. The van der Waals surface area contributed by atoms with Crippen molar-refractivity contribution in [3.8, 4) is 5.75 Å². The number of ether oxygens (including phenoxy) is 2. The predicted octanol–water partition coefficient (Wildman–Crippen LogP) is 4.12. The van der Waals surface area contributed by atoms with Gasteiger partial charge in [0.1, 0.15) is 5.75 Å². The number of hydrogen-bond donors (Lipinski definition) is 1. The zero-order valence-corrected chi connectivity index (χ0v) is 18.3. The number of aromatic amines is 1. The highest BCUT2D eigenvalue weighted by atomic mass is 79.9. The third-order valence-corrected chi connectivity index (χ3v) is 5.84. The molecule has 1 N–H and O–H groups in total. The number of amides is 1. The van der Waals surface area contributed by atoms with Gasteiger partial charge in [-0.2, -0.15) is 0 Å². The summed E-state index contributed by atoms with van der Waals surface area (Å²) in [5.41, 5.74) is 1.64. The van der Waals surface area contributed by atoms with Gasteiger partial charge in [-0.05, 0) is 61.4 Å². The smallest absolute Gasteiger partial charge is 0.254 e. The molecule has 30 heavy (non-hydrogen) atoms. The molecule has 1 atom stereocenters. The van der Waals surface area contributed by atoms with E-state index in [4.69, 9.17) is 9.47 Å². The van der Waals surface area contributed by atoms with Crippen molar-refractivity contribution >= 4 is 32.7 Å². The summed E-state index contributed by atoms with van der Waals surface area (Å²) in [5, 5.41) is 0.858. The molecule has 0 radical (unpaired) electrons. The van der Waals surface area contributed by atoms with Gasteiger partial charge in [0.15, 0.2) is 0 Å². The van der Waals surface area contributed by atoms with E-state index in [0.29, 0.717) is 30.0 Å². The van der Waals surface area contributed by atoms with Gasteiger partial charge in [-0.25, -0.2) is 0 Å². The predicted molar refractivity (Wildman–Crippen MR) is 119 cm³/mol. The van der Waals surface area contributed by atoms with Gasteiger partial charge in [0, 0.05) is 39.7 Å². The van der Waals surface area contributed by atoms with E-state index in [-0.39, 0.29) is 24.1 Å². The number of H-pyrrole nitrogens is 1. The van der Waals surface area contributed by atoms with E-state index in [1.807, 2.05) is 30.3 Å². The van der Waals surface area contributed by atoms with Crippen molar-refractivity contribution in [3.63, 3.8) is 0 Å². The van der Waals surface area contributed by atoms with E-state index in [9.17, 15) is 9.59 Å². The van der Waals surface area contributed by atoms with Gasteiger partial charge in [0.25, 0.3) is 11.5 Å². The maximum Gasteiger partial charge on any atom is 0.254 e. The molecule has 156 valence electrons. The maximum absolute atomic E-state index is 13.2. The quantitative estimate of drug-likeness (QED) is 0.587. The molecule has 6 nitrogen and oxygen atoms in total. The molecule has 1 aliphatic rings. The van der Waals surface area contributed by atoms with Crippen molar-refractivity contribution in [2.75, 3.05) is 20.3 Å². The lowest BCUT2D eigenvalue weighted by molar-refractivity contribution is 0.0506. The molecule has 0 spiro atoms. The van der Waals surface area contributed by atoms with Crippen LogP contribution in [0.2, 0.25) is 0 Å². The Balaban J connectivity index is 1.66. The Bertz CT molecular complexity index is 1100. The molecule has 1 fully saturated rings. The van der Waals surface area contributed by atoms with Crippen LogP contribution >= 0.6 is 15.9 Å². The first kappa shape index (κ1) is 20.6. The molecule has 2 aromatic carbocycles. The van der Waals surface area contributed by atoms with Crippen LogP contribution in [-0.2, 0) is 11.3 Å². The van der Waals surface area contributed by atoms with Crippen LogP contribution in [0.25, 0.3) is 10.9 Å². The Hall–Kier alpha value is -2.64. The zero-order valence-electron chi connectivity index (χ0n) is 16.7. The van der Waals surface area contributed by atoms with E-state index in [1.54, 1.807) is 30.2 Å². The number of nitrogens with zero attached hydrogens (tertiary/aromatic N) is 1. The van der Waals surface area contributed by atoms with E-state index in [0.717, 1.165) is 28.2 Å². The number of carbonyl (C=O) groups is 1. The van der Waals surface area contributed by atoms with Crippen molar-refractivity contribution in [3.05, 3.63) is 74.5 Å². The highest BCUT2D eigenvalue weighted by molar-refractivity contribution is 9.10. The SMILES string of the molecule is COc1ccc2[nH]c(=O)c(CN(CC3CCCO3)C(=O)c3ccc(Br)cc3)cc2c1. The Morgan fingerprint density at radius 3 is 2.73 bits per heavy atom. The van der Waals surface area contributed by atoms with Crippen LogP contribution in [-0.4, -0.2) is 42.2 Å². The highest BCUT2D eigenvalue weighted by Gasteiger charge is 2.24. The second-order valence-corrected chi connectivity index (χ2v) is 8.32. The number of pyridine rings is 1. The second-order valence-electron chi connectivity index (χ2n) is 7.40. The molecule has 1 unspecified atom stereocenters. The fourth-order valence-electron chi connectivity index (χ4n) is 3.71. The average molecular weight is 471 g/mol. The fourth-order valence-corrected chi connectivity index (χ4v) is 3.97. The van der Waals surface area contributed by atoms with Crippen LogP contribution in [0.4, 0.5) is 0 Å². The van der Waals surface area contributed by atoms with Gasteiger partial charge < -0.3 is 19.4 Å². The van der Waals surface area contributed by atoms with Crippen molar-refractivity contribution in [2.45, 2.75) is 25.5 Å². The summed E-state index contributed by atoms with van der Waals surface area (Å²) in [7, 11) is 1.61. The number of fused-ring (bicyclic) bond motifs is 1. The van der Waals surface area contributed by atoms with Gasteiger partial charge in [-0.1, -0.05) is 15.9 Å². The number of methoxy groups -OCH3 is 1. The second kappa shape index (κ2) is 9.02. The van der Waals surface area contributed by atoms with Gasteiger partial charge in [0.2, 0.25) is 0 Å². The Kier molecular flexibility index (Phi) is 6.20. The molecular weight excluding hydrogens is 448 g/mol. The summed E-state index contributed by atoms with van der Waals surface area (Å²) in [6.45, 7) is 1.36. The lowest BCUT2D eigenvalue weighted by Gasteiger charge is -2.25. The molecule has 7 heteroatoms. The number of benzene rings is 2. The summed E-state index contributed by atoms with van der Waals surface area (Å²) < 4.78 is 12.0. The number of nitrogens with one attached hydrogen (secondary N) is 1. The van der Waals surface area contributed by atoms with Gasteiger partial charge in [-0.3, -0.25) is 9.59 Å². The largest absolute Gasteiger partial charge is 0.497 e. The number of hydrogen-bond acceptors (Lipinski definition) is 4. The maximum atomic E-state index is 13.2. The molecule has 1 amide bonds. The minimum absolute atomic E-state index is 0.0102. The molecule has 1 saturated heterocycles. The number of carbonyl (C=O) groups excluding carboxylic acids is 1. The van der Waals surface area contributed by atoms with Crippen molar-refractivity contribution in [1.29, 1.82) is 0 Å². The lowest BCUT2D eigenvalue weighted by Crippen LogP contribution is -2.38. The average Bonchev–Trinajstić information content (AvgIpc) is 3.26. The first-order valence-electron chi connectivity index (χ1n) is 9.90. The Labute approximate surface area is 182 Å². The molecule has 4 rings (SSSR count). The van der Waals surface area contributed by atoms with Gasteiger partial charge in [0.05, 0.1) is 19.8 Å². The van der Waals surface area contributed by atoms with Crippen molar-refractivity contribution in [1.82, 2.24) is 9.88 Å². The van der Waals surface area contributed by atoms with Crippen molar-refractivity contribution in [2.24, 2.45) is 0 Å². The van der Waals surface area contributed by atoms with E-state index in [1.165, 1.54) is 0 Å². The minimum atomic E-state index is -0.200. The van der Waals surface area contributed by atoms with Crippen LogP contribution < -0.4 is 10.3 Å². The fraction of sp³-hybridized carbons (Fsp3) is 0.304. The molecular formula is C23H23BrN2O4. The minimum Gasteiger partial charge on any atom is -0.497 e. The highest BCUT2D eigenvalue weighted by Crippen LogP contribution is 2.21. The van der Waals surface area contributed by atoms with E-state index < -0.39 is 0 Å². The van der Waals surface area contributed by atoms with E-state index >= 15 is 0 Å². The normalized spacial score (nSPS) is 16.0. The summed E-state index contributed by atoms with van der Waals surface area (Å²) in [4.78, 5) is 30.6. The number of aromatic nitrogens is 1. The summed E-state index contributed by atoms with van der Waals surface area (Å²) in [5.74, 6) is 0.589. The van der Waals surface area contributed by atoms with Gasteiger partial charge in [-0.15, -0.1) is 0 Å². The monoisotopic (exact) mass is 470 g/mol. The van der Waals surface area contributed by atoms with Crippen LogP contribution in [0.5, 0.6) is 5.75 Å². The molecule has 1 aliphatic heterocycles.